The van der Waals surface area contributed by atoms with Crippen LogP contribution in [-0.4, -0.2) is 46.3 Å². The number of carbonyl (C=O) groups excluding carboxylic acids is 1. The minimum absolute atomic E-state index is 0.270. The number of halogens is 1. The Morgan fingerprint density at radius 2 is 2.09 bits per heavy atom. The first-order valence-electron chi connectivity index (χ1n) is 10.6. The smallest absolute Gasteiger partial charge is 0.259 e. The Balaban J connectivity index is 1.48. The third kappa shape index (κ3) is 4.23. The van der Waals surface area contributed by atoms with E-state index in [2.05, 4.69) is 20.3 Å². The van der Waals surface area contributed by atoms with Crippen LogP contribution in [0.4, 0.5) is 5.13 Å². The lowest BCUT2D eigenvalue weighted by Crippen LogP contribution is -2.25. The monoisotopic (exact) mass is 496 g/mol. The highest BCUT2D eigenvalue weighted by atomic mass is 35.5. The van der Waals surface area contributed by atoms with Crippen LogP contribution in [0.2, 0.25) is 5.15 Å². The number of rotatable bonds is 5. The molecule has 4 aromatic rings. The van der Waals surface area contributed by atoms with Gasteiger partial charge in [0, 0.05) is 36.0 Å². The molecule has 0 aliphatic carbocycles. The van der Waals surface area contributed by atoms with Gasteiger partial charge in [-0.25, -0.2) is 9.97 Å². The molecular formula is C24H21ClN4O4S. The molecule has 1 aromatic carbocycles. The molecule has 2 N–H and O–H groups in total. The number of pyridine rings is 2. The second-order valence-corrected chi connectivity index (χ2v) is 9.49. The summed E-state index contributed by atoms with van der Waals surface area (Å²) >= 11 is 7.46. The molecule has 1 amide bonds. The normalized spacial score (nSPS) is 17.8. The molecule has 5 rings (SSSR count). The summed E-state index contributed by atoms with van der Waals surface area (Å²) < 4.78 is 11.7. The number of carbonyl (C=O) groups is 1. The fourth-order valence-electron chi connectivity index (χ4n) is 3.97. The molecule has 3 aromatic heterocycles. The fraction of sp³-hybridized carbons (Fsp3) is 0.250. The third-order valence-electron chi connectivity index (χ3n) is 5.78. The van der Waals surface area contributed by atoms with E-state index in [1.807, 2.05) is 25.1 Å². The Hall–Kier alpha value is -3.11. The van der Waals surface area contributed by atoms with Gasteiger partial charge in [-0.1, -0.05) is 29.0 Å². The maximum atomic E-state index is 13.3. The van der Waals surface area contributed by atoms with Crippen LogP contribution in [0.15, 0.2) is 42.7 Å². The second kappa shape index (κ2) is 8.92. The van der Waals surface area contributed by atoms with E-state index in [1.165, 1.54) is 30.8 Å². The number of nitrogens with one attached hydrogen (secondary N) is 1. The molecule has 0 bridgehead atoms. The van der Waals surface area contributed by atoms with Crippen molar-refractivity contribution in [2.75, 3.05) is 25.6 Å². The van der Waals surface area contributed by atoms with Gasteiger partial charge in [-0.05, 0) is 36.8 Å². The van der Waals surface area contributed by atoms with E-state index in [1.54, 1.807) is 12.1 Å². The summed E-state index contributed by atoms with van der Waals surface area (Å²) in [5.41, 5.74) is 2.88. The van der Waals surface area contributed by atoms with Crippen LogP contribution in [0, 0.1) is 6.92 Å². The Kier molecular flexibility index (Phi) is 5.95. The fourth-order valence-corrected chi connectivity index (χ4v) is 5.03. The lowest BCUT2D eigenvalue weighted by atomic mass is 9.93. The third-order valence-corrected chi connectivity index (χ3v) is 6.92. The first-order valence-corrected chi connectivity index (χ1v) is 11.7. The number of aromatic nitrogens is 3. The van der Waals surface area contributed by atoms with E-state index in [4.69, 9.17) is 21.1 Å². The van der Waals surface area contributed by atoms with Crippen molar-refractivity contribution in [3.05, 3.63) is 64.7 Å². The van der Waals surface area contributed by atoms with E-state index in [0.29, 0.717) is 40.6 Å². The van der Waals surface area contributed by atoms with Crippen LogP contribution in [-0.2, 0) is 10.3 Å². The number of methoxy groups -OCH3 is 1. The van der Waals surface area contributed by atoms with Crippen LogP contribution < -0.4 is 10.1 Å². The van der Waals surface area contributed by atoms with Crippen molar-refractivity contribution >= 4 is 44.2 Å². The van der Waals surface area contributed by atoms with Crippen molar-refractivity contribution in [3.63, 3.8) is 0 Å². The maximum Gasteiger partial charge on any atom is 0.259 e. The van der Waals surface area contributed by atoms with Crippen molar-refractivity contribution in [1.82, 2.24) is 15.0 Å². The minimum Gasteiger partial charge on any atom is -0.494 e. The first-order chi connectivity index (χ1) is 16.4. The van der Waals surface area contributed by atoms with E-state index in [0.717, 1.165) is 21.5 Å². The van der Waals surface area contributed by atoms with Gasteiger partial charge in [-0.3, -0.25) is 15.1 Å². The Morgan fingerprint density at radius 3 is 2.85 bits per heavy atom. The standard InChI is InChI=1S/C24H21ClN4O4S/c1-13-7-15(16-9-21(25)27-11-19(16)32-2)17(10-26-13)22(30)29-23-28-18-4-3-14(8-20(18)34-23)24(31)5-6-33-12-24/h3-4,7-11,31H,5-6,12H2,1-2H3,(H,28,29,30). The average molecular weight is 497 g/mol. The molecule has 1 atom stereocenters. The molecule has 10 heteroatoms. The van der Waals surface area contributed by atoms with E-state index < -0.39 is 5.60 Å². The molecule has 1 aliphatic heterocycles. The van der Waals surface area contributed by atoms with Gasteiger partial charge in [-0.2, -0.15) is 0 Å². The van der Waals surface area contributed by atoms with Crippen LogP contribution in [0.3, 0.4) is 0 Å². The molecular weight excluding hydrogens is 476 g/mol. The van der Waals surface area contributed by atoms with Crippen molar-refractivity contribution in [2.24, 2.45) is 0 Å². The first kappa shape index (κ1) is 22.7. The van der Waals surface area contributed by atoms with Gasteiger partial charge in [0.2, 0.25) is 0 Å². The van der Waals surface area contributed by atoms with Gasteiger partial charge in [-0.15, -0.1) is 0 Å². The summed E-state index contributed by atoms with van der Waals surface area (Å²) in [6.07, 6.45) is 3.59. The molecule has 1 unspecified atom stereocenters. The number of ether oxygens (including phenoxy) is 2. The number of aryl methyl sites for hydroxylation is 1. The zero-order chi connectivity index (χ0) is 23.9. The second-order valence-electron chi connectivity index (χ2n) is 8.07. The van der Waals surface area contributed by atoms with E-state index >= 15 is 0 Å². The molecule has 4 heterocycles. The van der Waals surface area contributed by atoms with E-state index in [9.17, 15) is 9.90 Å². The van der Waals surface area contributed by atoms with Crippen molar-refractivity contribution in [1.29, 1.82) is 0 Å². The zero-order valence-corrected chi connectivity index (χ0v) is 20.0. The van der Waals surface area contributed by atoms with Crippen LogP contribution >= 0.6 is 22.9 Å². The highest BCUT2D eigenvalue weighted by Gasteiger charge is 2.34. The van der Waals surface area contributed by atoms with Crippen LogP contribution in [0.1, 0.15) is 28.0 Å². The summed E-state index contributed by atoms with van der Waals surface area (Å²) in [4.78, 5) is 26.2. The highest BCUT2D eigenvalue weighted by Crippen LogP contribution is 2.36. The molecule has 0 spiro atoms. The van der Waals surface area contributed by atoms with Gasteiger partial charge in [0.25, 0.3) is 5.91 Å². The number of aliphatic hydroxyl groups is 1. The number of hydrogen-bond acceptors (Lipinski definition) is 8. The van der Waals surface area contributed by atoms with Gasteiger partial charge in [0.15, 0.2) is 5.13 Å². The molecule has 1 saturated heterocycles. The molecule has 0 saturated carbocycles. The lowest BCUT2D eigenvalue weighted by molar-refractivity contribution is 0.0233. The topological polar surface area (TPSA) is 106 Å². The number of anilines is 1. The number of benzene rings is 1. The summed E-state index contributed by atoms with van der Waals surface area (Å²) in [7, 11) is 1.53. The number of fused-ring (bicyclic) bond motifs is 1. The quantitative estimate of drug-likeness (QED) is 0.389. The predicted octanol–water partition coefficient (Wildman–Crippen LogP) is 4.58. The zero-order valence-electron chi connectivity index (χ0n) is 18.5. The van der Waals surface area contributed by atoms with Crippen molar-refractivity contribution in [3.8, 4) is 16.9 Å². The van der Waals surface area contributed by atoms with Gasteiger partial charge in [0.05, 0.1) is 35.7 Å². The predicted molar refractivity (Wildman–Crippen MR) is 131 cm³/mol. The van der Waals surface area contributed by atoms with E-state index in [-0.39, 0.29) is 17.7 Å². The number of thiazole rings is 1. The van der Waals surface area contributed by atoms with Gasteiger partial charge >= 0.3 is 0 Å². The molecule has 8 nitrogen and oxygen atoms in total. The van der Waals surface area contributed by atoms with Gasteiger partial charge in [0.1, 0.15) is 16.5 Å². The SMILES string of the molecule is COc1cnc(Cl)cc1-c1cc(C)ncc1C(=O)Nc1nc2ccc(C3(O)CCOC3)cc2s1. The van der Waals surface area contributed by atoms with Crippen LogP contribution in [0.5, 0.6) is 5.75 Å². The number of hydrogen-bond donors (Lipinski definition) is 2. The molecule has 174 valence electrons. The minimum atomic E-state index is -0.991. The highest BCUT2D eigenvalue weighted by molar-refractivity contribution is 7.22. The van der Waals surface area contributed by atoms with Crippen LogP contribution in [0.25, 0.3) is 21.3 Å². The summed E-state index contributed by atoms with van der Waals surface area (Å²) in [5, 5.41) is 14.4. The maximum absolute atomic E-state index is 13.3. The van der Waals surface area contributed by atoms with Crippen molar-refractivity contribution < 1.29 is 19.4 Å². The Morgan fingerprint density at radius 1 is 1.24 bits per heavy atom. The average Bonchev–Trinajstić information content (AvgIpc) is 3.44. The number of amides is 1. The number of nitrogens with zero attached hydrogens (tertiary/aromatic N) is 3. The molecule has 1 fully saturated rings. The summed E-state index contributed by atoms with van der Waals surface area (Å²) in [6.45, 7) is 2.64. The summed E-state index contributed by atoms with van der Waals surface area (Å²) in [6, 6.07) is 9.06. The molecule has 0 radical (unpaired) electrons. The Bertz CT molecular complexity index is 1400. The Labute approximate surface area is 204 Å². The largest absolute Gasteiger partial charge is 0.494 e. The molecule has 34 heavy (non-hydrogen) atoms. The lowest BCUT2D eigenvalue weighted by Gasteiger charge is -2.20. The van der Waals surface area contributed by atoms with Gasteiger partial charge < -0.3 is 14.6 Å². The van der Waals surface area contributed by atoms with Crippen molar-refractivity contribution in [2.45, 2.75) is 18.9 Å². The molecule has 1 aliphatic rings. The summed E-state index contributed by atoms with van der Waals surface area (Å²) in [5.74, 6) is 0.130.